The van der Waals surface area contributed by atoms with Crippen LogP contribution in [-0.2, 0) is 11.8 Å². The number of hydrogen-bond donors (Lipinski definition) is 1. The number of carbonyl (C=O) groups excluding carboxylic acids is 1. The fraction of sp³-hybridized carbons (Fsp3) is 0.667. The molecule has 0 aliphatic heterocycles. The summed E-state index contributed by atoms with van der Waals surface area (Å²) >= 11 is 0. The van der Waals surface area contributed by atoms with Gasteiger partial charge in [-0.15, -0.1) is 0 Å². The highest BCUT2D eigenvalue weighted by molar-refractivity contribution is 5.83. The molecular weight excluding hydrogens is 216 g/mol. The van der Waals surface area contributed by atoms with E-state index in [0.717, 1.165) is 5.56 Å². The van der Waals surface area contributed by atoms with Gasteiger partial charge in [-0.1, -0.05) is 0 Å². The van der Waals surface area contributed by atoms with Gasteiger partial charge in [-0.05, 0) is 25.7 Å². The Hall–Kier alpha value is -1.36. The van der Waals surface area contributed by atoms with Gasteiger partial charge in [0.25, 0.3) is 0 Å². The minimum absolute atomic E-state index is 0.0302. The predicted octanol–water partition coefficient (Wildman–Crippen LogP) is 0.677. The Balaban J connectivity index is 2.03. The second kappa shape index (κ2) is 4.49. The molecular formula is C12H20N4O. The molecule has 1 fully saturated rings. The summed E-state index contributed by atoms with van der Waals surface area (Å²) in [7, 11) is 3.65. The van der Waals surface area contributed by atoms with Gasteiger partial charge in [0, 0.05) is 31.9 Å². The maximum atomic E-state index is 12.2. The highest BCUT2D eigenvalue weighted by Crippen LogP contribution is 2.35. The van der Waals surface area contributed by atoms with Crippen LogP contribution in [0, 0.1) is 5.92 Å². The summed E-state index contributed by atoms with van der Waals surface area (Å²) in [5.74, 6) is 0.627. The summed E-state index contributed by atoms with van der Waals surface area (Å²) in [6.07, 6.45) is 5.89. The second-order valence-electron chi connectivity index (χ2n) is 4.95. The molecule has 2 atom stereocenters. The van der Waals surface area contributed by atoms with E-state index in [1.54, 1.807) is 22.0 Å². The van der Waals surface area contributed by atoms with Gasteiger partial charge in [0.05, 0.1) is 6.20 Å². The summed E-state index contributed by atoms with van der Waals surface area (Å²) in [5.41, 5.74) is 6.74. The highest BCUT2D eigenvalue weighted by atomic mass is 16.2. The average Bonchev–Trinajstić information content (AvgIpc) is 3.08. The smallest absolute Gasteiger partial charge is 0.244 e. The Labute approximate surface area is 102 Å². The third kappa shape index (κ3) is 2.49. The monoisotopic (exact) mass is 236 g/mol. The molecule has 17 heavy (non-hydrogen) atoms. The molecule has 2 rings (SSSR count). The van der Waals surface area contributed by atoms with Crippen molar-refractivity contribution in [2.24, 2.45) is 18.7 Å². The van der Waals surface area contributed by atoms with Crippen LogP contribution in [0.4, 0.5) is 0 Å². The Morgan fingerprint density at radius 1 is 1.65 bits per heavy atom. The van der Waals surface area contributed by atoms with Gasteiger partial charge in [0.15, 0.2) is 0 Å². The molecule has 0 spiro atoms. The zero-order chi connectivity index (χ0) is 12.6. The van der Waals surface area contributed by atoms with Crippen molar-refractivity contribution in [2.45, 2.75) is 31.8 Å². The van der Waals surface area contributed by atoms with Crippen LogP contribution in [0.25, 0.3) is 0 Å². The summed E-state index contributed by atoms with van der Waals surface area (Å²) in [4.78, 5) is 14.0. The maximum Gasteiger partial charge on any atom is 0.244 e. The number of nitrogens with zero attached hydrogens (tertiary/aromatic N) is 3. The fourth-order valence-electron chi connectivity index (χ4n) is 2.06. The number of aryl methyl sites for hydroxylation is 1. The molecule has 2 unspecified atom stereocenters. The Kier molecular flexibility index (Phi) is 3.19. The van der Waals surface area contributed by atoms with E-state index < -0.39 is 6.04 Å². The third-order valence-electron chi connectivity index (χ3n) is 3.61. The van der Waals surface area contributed by atoms with E-state index in [1.165, 1.54) is 12.8 Å². The first-order valence-electron chi connectivity index (χ1n) is 6.01. The molecule has 0 radical (unpaired) electrons. The zero-order valence-electron chi connectivity index (χ0n) is 10.6. The van der Waals surface area contributed by atoms with E-state index in [0.29, 0.717) is 5.92 Å². The van der Waals surface area contributed by atoms with Gasteiger partial charge in [0.1, 0.15) is 6.04 Å². The first-order valence-corrected chi connectivity index (χ1v) is 6.01. The van der Waals surface area contributed by atoms with Crippen molar-refractivity contribution in [3.05, 3.63) is 18.0 Å². The lowest BCUT2D eigenvalue weighted by molar-refractivity contribution is -0.133. The number of rotatable bonds is 4. The number of amides is 1. The molecule has 5 heteroatoms. The summed E-state index contributed by atoms with van der Waals surface area (Å²) in [6.45, 7) is 2.09. The van der Waals surface area contributed by atoms with Crippen molar-refractivity contribution in [2.75, 3.05) is 7.05 Å². The van der Waals surface area contributed by atoms with E-state index in [9.17, 15) is 4.79 Å². The van der Waals surface area contributed by atoms with Crippen LogP contribution in [0.2, 0.25) is 0 Å². The maximum absolute atomic E-state index is 12.2. The topological polar surface area (TPSA) is 64.2 Å². The average molecular weight is 236 g/mol. The normalized spacial score (nSPS) is 18.8. The molecule has 0 bridgehead atoms. The van der Waals surface area contributed by atoms with Crippen molar-refractivity contribution < 1.29 is 4.79 Å². The van der Waals surface area contributed by atoms with E-state index in [-0.39, 0.29) is 11.9 Å². The van der Waals surface area contributed by atoms with Crippen LogP contribution < -0.4 is 5.73 Å². The molecule has 1 aromatic heterocycles. The zero-order valence-corrected chi connectivity index (χ0v) is 10.6. The van der Waals surface area contributed by atoms with Crippen LogP contribution in [0.5, 0.6) is 0 Å². The predicted molar refractivity (Wildman–Crippen MR) is 65.1 cm³/mol. The lowest BCUT2D eigenvalue weighted by Gasteiger charge is -2.27. The quantitative estimate of drug-likeness (QED) is 0.836. The molecule has 2 N–H and O–H groups in total. The van der Waals surface area contributed by atoms with E-state index >= 15 is 0 Å². The highest BCUT2D eigenvalue weighted by Gasteiger charge is 2.34. The SMILES string of the molecule is CC(C1CC1)N(C)C(=O)C(N)c1cnn(C)c1. The Morgan fingerprint density at radius 3 is 2.76 bits per heavy atom. The van der Waals surface area contributed by atoms with Crippen molar-refractivity contribution >= 4 is 5.91 Å². The van der Waals surface area contributed by atoms with Crippen molar-refractivity contribution in [1.29, 1.82) is 0 Å². The molecule has 1 heterocycles. The van der Waals surface area contributed by atoms with Gasteiger partial charge >= 0.3 is 0 Å². The molecule has 1 amide bonds. The largest absolute Gasteiger partial charge is 0.341 e. The number of nitrogens with two attached hydrogens (primary N) is 1. The molecule has 1 aromatic rings. The first kappa shape index (κ1) is 12.1. The standard InChI is InChI=1S/C12H20N4O/c1-8(9-4-5-9)16(3)12(17)11(13)10-6-14-15(2)7-10/h6-9,11H,4-5,13H2,1-3H3. The molecule has 1 aliphatic rings. The van der Waals surface area contributed by atoms with Gasteiger partial charge in [0.2, 0.25) is 5.91 Å². The molecule has 0 saturated heterocycles. The van der Waals surface area contributed by atoms with Crippen molar-refractivity contribution in [3.63, 3.8) is 0 Å². The van der Waals surface area contributed by atoms with Gasteiger partial charge in [-0.3, -0.25) is 9.48 Å². The van der Waals surface area contributed by atoms with E-state index in [1.807, 2.05) is 14.1 Å². The fourth-order valence-corrected chi connectivity index (χ4v) is 2.06. The Morgan fingerprint density at radius 2 is 2.29 bits per heavy atom. The number of likely N-dealkylation sites (N-methyl/N-ethyl adjacent to an activating group) is 1. The summed E-state index contributed by atoms with van der Waals surface area (Å²) in [6, 6.07) is -0.319. The number of aromatic nitrogens is 2. The van der Waals surface area contributed by atoms with Gasteiger partial charge < -0.3 is 10.6 Å². The minimum atomic E-state index is -0.602. The number of hydrogen-bond acceptors (Lipinski definition) is 3. The van der Waals surface area contributed by atoms with Gasteiger partial charge in [-0.25, -0.2) is 0 Å². The molecule has 94 valence electrons. The van der Waals surface area contributed by atoms with Crippen LogP contribution in [0.1, 0.15) is 31.4 Å². The van der Waals surface area contributed by atoms with Crippen LogP contribution >= 0.6 is 0 Å². The lowest BCUT2D eigenvalue weighted by atomic mass is 10.1. The minimum Gasteiger partial charge on any atom is -0.341 e. The lowest BCUT2D eigenvalue weighted by Crippen LogP contribution is -2.41. The first-order chi connectivity index (χ1) is 8.00. The van der Waals surface area contributed by atoms with E-state index in [4.69, 9.17) is 5.73 Å². The van der Waals surface area contributed by atoms with Crippen LogP contribution in [-0.4, -0.2) is 33.7 Å². The van der Waals surface area contributed by atoms with Gasteiger partial charge in [-0.2, -0.15) is 5.10 Å². The van der Waals surface area contributed by atoms with Crippen molar-refractivity contribution in [3.8, 4) is 0 Å². The van der Waals surface area contributed by atoms with Crippen LogP contribution in [0.15, 0.2) is 12.4 Å². The number of carbonyl (C=O) groups is 1. The summed E-state index contributed by atoms with van der Waals surface area (Å²) < 4.78 is 1.66. The summed E-state index contributed by atoms with van der Waals surface area (Å²) in [5, 5.41) is 4.04. The third-order valence-corrected chi connectivity index (χ3v) is 3.61. The van der Waals surface area contributed by atoms with Crippen LogP contribution in [0.3, 0.4) is 0 Å². The second-order valence-corrected chi connectivity index (χ2v) is 4.95. The Bertz CT molecular complexity index is 410. The van der Waals surface area contributed by atoms with Crippen molar-refractivity contribution in [1.82, 2.24) is 14.7 Å². The van der Waals surface area contributed by atoms with E-state index in [2.05, 4.69) is 12.0 Å². The molecule has 1 saturated carbocycles. The molecule has 5 nitrogen and oxygen atoms in total. The molecule has 1 aliphatic carbocycles. The molecule has 0 aromatic carbocycles.